The van der Waals surface area contributed by atoms with E-state index in [0.29, 0.717) is 23.2 Å². The molecule has 0 fully saturated rings. The molecule has 1 aromatic carbocycles. The predicted octanol–water partition coefficient (Wildman–Crippen LogP) is 3.75. The van der Waals surface area contributed by atoms with Crippen LogP contribution in [0.25, 0.3) is 17.1 Å². The van der Waals surface area contributed by atoms with Crippen LogP contribution in [-0.2, 0) is 11.2 Å². The molecule has 3 aromatic heterocycles. The number of rotatable bonds is 6. The molecule has 0 aliphatic rings. The molecule has 29 heavy (non-hydrogen) atoms. The van der Waals surface area contributed by atoms with E-state index in [9.17, 15) is 4.79 Å². The zero-order chi connectivity index (χ0) is 20.4. The van der Waals surface area contributed by atoms with E-state index >= 15 is 0 Å². The van der Waals surface area contributed by atoms with Gasteiger partial charge in [0.05, 0.1) is 18.2 Å². The van der Waals surface area contributed by atoms with Crippen LogP contribution in [-0.4, -0.2) is 25.5 Å². The van der Waals surface area contributed by atoms with Crippen LogP contribution in [0.3, 0.4) is 0 Å². The highest BCUT2D eigenvalue weighted by molar-refractivity contribution is 5.79. The smallest absolute Gasteiger partial charge is 0.226 e. The minimum absolute atomic E-state index is 0.132. The lowest BCUT2D eigenvalue weighted by atomic mass is 10.0. The van der Waals surface area contributed by atoms with Gasteiger partial charge in [0.25, 0.3) is 0 Å². The Bertz CT molecular complexity index is 1130. The van der Waals surface area contributed by atoms with Gasteiger partial charge >= 0.3 is 0 Å². The van der Waals surface area contributed by atoms with Crippen LogP contribution in [0.1, 0.15) is 37.2 Å². The normalized spacial score (nSPS) is 12.4. The Kier molecular flexibility index (Phi) is 5.12. The van der Waals surface area contributed by atoms with E-state index in [2.05, 4.69) is 20.5 Å². The molecule has 1 N–H and O–H groups in total. The maximum absolute atomic E-state index is 12.8. The van der Waals surface area contributed by atoms with Crippen molar-refractivity contribution in [1.29, 1.82) is 0 Å². The van der Waals surface area contributed by atoms with Gasteiger partial charge in [-0.1, -0.05) is 38.1 Å². The third-order valence-corrected chi connectivity index (χ3v) is 4.84. The molecule has 0 bridgehead atoms. The summed E-state index contributed by atoms with van der Waals surface area (Å²) in [6.45, 7) is 5.92. The summed E-state index contributed by atoms with van der Waals surface area (Å²) in [6.07, 6.45) is 2.04. The van der Waals surface area contributed by atoms with Gasteiger partial charge < -0.3 is 9.73 Å². The molecule has 4 aromatic rings. The van der Waals surface area contributed by atoms with Crippen LogP contribution in [0, 0.1) is 12.8 Å². The highest BCUT2D eigenvalue weighted by Gasteiger charge is 2.24. The van der Waals surface area contributed by atoms with Gasteiger partial charge in [0.15, 0.2) is 11.5 Å². The van der Waals surface area contributed by atoms with Gasteiger partial charge in [0.2, 0.25) is 11.8 Å². The summed E-state index contributed by atoms with van der Waals surface area (Å²) < 4.78 is 7.67. The number of nitrogens with one attached hydrogen (secondary N) is 1. The zero-order valence-corrected chi connectivity index (χ0v) is 16.7. The molecular formula is C22H23N5O2. The highest BCUT2D eigenvalue weighted by Crippen LogP contribution is 2.23. The Hall–Kier alpha value is -3.48. The SMILES string of the molecule is Cc1oc(-c2ccccc2)nc1CC(=O)NC(c1nnc2ccccn12)C(C)C. The first-order valence-electron chi connectivity index (χ1n) is 9.63. The molecule has 0 saturated carbocycles. The number of nitrogens with zero attached hydrogens (tertiary/aromatic N) is 4. The van der Waals surface area contributed by atoms with Crippen molar-refractivity contribution in [2.75, 3.05) is 0 Å². The Morgan fingerprint density at radius 2 is 1.86 bits per heavy atom. The highest BCUT2D eigenvalue weighted by atomic mass is 16.4. The van der Waals surface area contributed by atoms with Gasteiger partial charge in [-0.05, 0) is 37.1 Å². The van der Waals surface area contributed by atoms with Crippen molar-refractivity contribution in [2.45, 2.75) is 33.2 Å². The molecule has 1 amide bonds. The predicted molar refractivity (Wildman–Crippen MR) is 109 cm³/mol. The van der Waals surface area contributed by atoms with Crippen LogP contribution in [0.15, 0.2) is 59.1 Å². The summed E-state index contributed by atoms with van der Waals surface area (Å²) in [7, 11) is 0. The summed E-state index contributed by atoms with van der Waals surface area (Å²) in [4.78, 5) is 17.3. The van der Waals surface area contributed by atoms with Gasteiger partial charge in [-0.25, -0.2) is 4.98 Å². The molecule has 0 spiro atoms. The number of hydrogen-bond donors (Lipinski definition) is 1. The van der Waals surface area contributed by atoms with Crippen LogP contribution in [0.2, 0.25) is 0 Å². The lowest BCUT2D eigenvalue weighted by Gasteiger charge is -2.20. The van der Waals surface area contributed by atoms with Gasteiger partial charge in [-0.15, -0.1) is 10.2 Å². The molecule has 3 heterocycles. The maximum atomic E-state index is 12.8. The average molecular weight is 389 g/mol. The van der Waals surface area contributed by atoms with Crippen molar-refractivity contribution in [2.24, 2.45) is 5.92 Å². The lowest BCUT2D eigenvalue weighted by molar-refractivity contribution is -0.121. The van der Waals surface area contributed by atoms with E-state index < -0.39 is 0 Å². The average Bonchev–Trinajstić information content (AvgIpc) is 3.30. The lowest BCUT2D eigenvalue weighted by Crippen LogP contribution is -2.34. The minimum atomic E-state index is -0.263. The molecule has 0 aliphatic heterocycles. The number of carbonyl (C=O) groups is 1. The van der Waals surface area contributed by atoms with E-state index in [0.717, 1.165) is 11.2 Å². The molecule has 148 valence electrons. The van der Waals surface area contributed by atoms with Crippen LogP contribution in [0.5, 0.6) is 0 Å². The molecule has 7 heteroatoms. The van der Waals surface area contributed by atoms with E-state index in [4.69, 9.17) is 4.42 Å². The molecule has 7 nitrogen and oxygen atoms in total. The van der Waals surface area contributed by atoms with Gasteiger partial charge in [0, 0.05) is 11.8 Å². The summed E-state index contributed by atoms with van der Waals surface area (Å²) in [5.41, 5.74) is 2.27. The third kappa shape index (κ3) is 3.89. The molecule has 1 unspecified atom stereocenters. The number of carbonyl (C=O) groups excluding carboxylic acids is 1. The van der Waals surface area contributed by atoms with Gasteiger partial charge in [-0.2, -0.15) is 0 Å². The second-order valence-corrected chi connectivity index (χ2v) is 7.34. The Labute approximate surface area is 168 Å². The summed E-state index contributed by atoms with van der Waals surface area (Å²) in [5.74, 6) is 1.89. The van der Waals surface area contributed by atoms with Gasteiger partial charge in [-0.3, -0.25) is 9.20 Å². The van der Waals surface area contributed by atoms with E-state index in [1.54, 1.807) is 0 Å². The van der Waals surface area contributed by atoms with E-state index in [1.807, 2.05) is 79.9 Å². The van der Waals surface area contributed by atoms with Crippen molar-refractivity contribution in [3.63, 3.8) is 0 Å². The third-order valence-electron chi connectivity index (χ3n) is 4.84. The molecule has 0 radical (unpaired) electrons. The van der Waals surface area contributed by atoms with E-state index in [1.165, 1.54) is 0 Å². The number of fused-ring (bicyclic) bond motifs is 1. The first-order chi connectivity index (χ1) is 14.0. The van der Waals surface area contributed by atoms with E-state index in [-0.39, 0.29) is 24.3 Å². The molecule has 1 atom stereocenters. The van der Waals surface area contributed by atoms with Crippen molar-refractivity contribution in [3.8, 4) is 11.5 Å². The number of aryl methyl sites for hydroxylation is 1. The second-order valence-electron chi connectivity index (χ2n) is 7.34. The zero-order valence-electron chi connectivity index (χ0n) is 16.7. The maximum Gasteiger partial charge on any atom is 0.226 e. The number of aromatic nitrogens is 4. The fraction of sp³-hybridized carbons (Fsp3) is 0.273. The number of hydrogen-bond acceptors (Lipinski definition) is 5. The number of pyridine rings is 1. The first kappa shape index (κ1) is 18.9. The Balaban J connectivity index is 1.53. The quantitative estimate of drug-likeness (QED) is 0.543. The number of oxazole rings is 1. The molecule has 0 aliphatic carbocycles. The largest absolute Gasteiger partial charge is 0.441 e. The van der Waals surface area contributed by atoms with Crippen LogP contribution in [0.4, 0.5) is 0 Å². The molecule has 0 saturated heterocycles. The first-order valence-corrected chi connectivity index (χ1v) is 9.63. The van der Waals surface area contributed by atoms with Crippen molar-refractivity contribution in [3.05, 3.63) is 72.0 Å². The van der Waals surface area contributed by atoms with Crippen LogP contribution < -0.4 is 5.32 Å². The van der Waals surface area contributed by atoms with Crippen molar-refractivity contribution >= 4 is 11.6 Å². The van der Waals surface area contributed by atoms with Crippen molar-refractivity contribution in [1.82, 2.24) is 24.9 Å². The molecular weight excluding hydrogens is 366 g/mol. The Morgan fingerprint density at radius 3 is 2.62 bits per heavy atom. The number of amides is 1. The van der Waals surface area contributed by atoms with Crippen LogP contribution >= 0.6 is 0 Å². The second kappa shape index (κ2) is 7.87. The van der Waals surface area contributed by atoms with Gasteiger partial charge in [0.1, 0.15) is 5.76 Å². The van der Waals surface area contributed by atoms with Crippen molar-refractivity contribution < 1.29 is 9.21 Å². The summed E-state index contributed by atoms with van der Waals surface area (Å²) in [6, 6.07) is 15.1. The monoisotopic (exact) mass is 389 g/mol. The number of benzene rings is 1. The fourth-order valence-corrected chi connectivity index (χ4v) is 3.27. The summed E-state index contributed by atoms with van der Waals surface area (Å²) >= 11 is 0. The fourth-order valence-electron chi connectivity index (χ4n) is 3.27. The standard InChI is InChI=1S/C22H23N5O2/c1-14(2)20(21-26-25-18-11-7-8-12-27(18)21)24-19(28)13-17-15(3)29-22(23-17)16-9-5-4-6-10-16/h4-12,14,20H,13H2,1-3H3,(H,24,28). The minimum Gasteiger partial charge on any atom is -0.441 e. The Morgan fingerprint density at radius 1 is 1.10 bits per heavy atom. The summed E-state index contributed by atoms with van der Waals surface area (Å²) in [5, 5.41) is 11.6. The molecule has 4 rings (SSSR count). The topological polar surface area (TPSA) is 85.3 Å².